The molecule has 5 heteroatoms. The highest BCUT2D eigenvalue weighted by Crippen LogP contribution is 2.24. The fourth-order valence-corrected chi connectivity index (χ4v) is 2.01. The fourth-order valence-electron chi connectivity index (χ4n) is 2.01. The minimum absolute atomic E-state index is 0.0327. The van der Waals surface area contributed by atoms with E-state index >= 15 is 0 Å². The van der Waals surface area contributed by atoms with Crippen molar-refractivity contribution in [2.45, 2.75) is 0 Å². The molecular weight excluding hydrogens is 260 g/mol. The van der Waals surface area contributed by atoms with Crippen LogP contribution in [0.3, 0.4) is 0 Å². The highest BCUT2D eigenvalue weighted by Gasteiger charge is 2.12. The van der Waals surface area contributed by atoms with E-state index in [4.69, 9.17) is 4.42 Å². The van der Waals surface area contributed by atoms with Gasteiger partial charge in [0.25, 0.3) is 0 Å². The predicted molar refractivity (Wildman–Crippen MR) is 75.8 cm³/mol. The van der Waals surface area contributed by atoms with Crippen LogP contribution in [0.4, 0.5) is 0 Å². The van der Waals surface area contributed by atoms with Crippen LogP contribution in [0, 0.1) is 9.56 Å². The van der Waals surface area contributed by atoms with Crippen molar-refractivity contribution in [1.82, 2.24) is 0 Å². The summed E-state index contributed by atoms with van der Waals surface area (Å²) in [5.41, 5.74) is 1.11. The Hall–Kier alpha value is -2.95. The molecule has 1 N–H and O–H groups in total. The van der Waals surface area contributed by atoms with E-state index < -0.39 is 0 Å². The van der Waals surface area contributed by atoms with Crippen molar-refractivity contribution in [3.05, 3.63) is 68.5 Å². The Bertz CT molecular complexity index is 846. The fraction of sp³-hybridized carbons (Fsp3) is 0. The van der Waals surface area contributed by atoms with Crippen LogP contribution in [-0.4, -0.2) is 5.11 Å². The molecular formula is C15H9O5+. The van der Waals surface area contributed by atoms with E-state index in [9.17, 15) is 14.9 Å². The molecule has 0 spiro atoms. The zero-order valence-electron chi connectivity index (χ0n) is 10.2. The van der Waals surface area contributed by atoms with Gasteiger partial charge >= 0.3 is 5.75 Å². The minimum atomic E-state index is -0.206. The summed E-state index contributed by atoms with van der Waals surface area (Å²) in [6.45, 7) is 0. The first-order valence-electron chi connectivity index (χ1n) is 5.84. The van der Waals surface area contributed by atoms with Gasteiger partial charge < -0.3 is 9.52 Å². The third kappa shape index (κ3) is 1.95. The summed E-state index contributed by atoms with van der Waals surface area (Å²) in [6, 6.07) is 10.5. The molecule has 0 fully saturated rings. The van der Waals surface area contributed by atoms with E-state index in [0.717, 1.165) is 0 Å². The molecule has 1 aromatic heterocycles. The highest BCUT2D eigenvalue weighted by atomic mass is 16.8. The smallest absolute Gasteiger partial charge is 0.438 e. The summed E-state index contributed by atoms with van der Waals surface area (Å²) in [6.07, 6.45) is 1.33. The van der Waals surface area contributed by atoms with Crippen molar-refractivity contribution in [3.63, 3.8) is 0 Å². The lowest BCUT2D eigenvalue weighted by Crippen LogP contribution is -2.04. The van der Waals surface area contributed by atoms with Gasteiger partial charge in [0.2, 0.25) is 4.96 Å². The Morgan fingerprint density at radius 3 is 2.50 bits per heavy atom. The number of phenolic OH excluding ortho intramolecular Hbond substituents is 1. The van der Waals surface area contributed by atoms with Crippen LogP contribution >= 0.6 is 0 Å². The zero-order valence-corrected chi connectivity index (χ0v) is 10.2. The van der Waals surface area contributed by atoms with E-state index in [0.29, 0.717) is 22.1 Å². The molecule has 5 nitrogen and oxygen atoms in total. The van der Waals surface area contributed by atoms with Crippen molar-refractivity contribution < 1.29 is 9.52 Å². The molecule has 3 rings (SSSR count). The molecule has 0 saturated carbocycles. The number of benzene rings is 2. The SMILES string of the molecule is O=[O+]c1ccc(-c2coc3cc(O)ccc3c2=O)cc1. The van der Waals surface area contributed by atoms with E-state index in [-0.39, 0.29) is 16.9 Å². The second-order valence-corrected chi connectivity index (χ2v) is 4.27. The molecule has 0 atom stereocenters. The van der Waals surface area contributed by atoms with Gasteiger partial charge in [-0.05, 0) is 29.8 Å². The van der Waals surface area contributed by atoms with E-state index in [2.05, 4.69) is 4.60 Å². The molecule has 1 heterocycles. The summed E-state index contributed by atoms with van der Waals surface area (Å²) in [5.74, 6) is 0.203. The van der Waals surface area contributed by atoms with E-state index in [1.54, 1.807) is 12.1 Å². The van der Waals surface area contributed by atoms with Gasteiger partial charge in [0.1, 0.15) is 17.6 Å². The number of phenols is 1. The van der Waals surface area contributed by atoms with Crippen molar-refractivity contribution in [1.29, 1.82) is 0 Å². The minimum Gasteiger partial charge on any atom is -0.508 e. The lowest BCUT2D eigenvalue weighted by Gasteiger charge is -2.02. The van der Waals surface area contributed by atoms with Gasteiger partial charge in [-0.25, -0.2) is 0 Å². The van der Waals surface area contributed by atoms with Crippen LogP contribution in [0.1, 0.15) is 0 Å². The Morgan fingerprint density at radius 2 is 1.80 bits per heavy atom. The number of hydrogen-bond acceptors (Lipinski definition) is 4. The molecule has 0 radical (unpaired) electrons. The van der Waals surface area contributed by atoms with E-state index in [1.165, 1.54) is 36.6 Å². The molecule has 0 aliphatic heterocycles. The van der Waals surface area contributed by atoms with Crippen LogP contribution in [0.15, 0.2) is 57.9 Å². The topological polar surface area (TPSA) is 78.8 Å². The Morgan fingerprint density at radius 1 is 1.05 bits per heavy atom. The lowest BCUT2D eigenvalue weighted by atomic mass is 10.1. The van der Waals surface area contributed by atoms with Gasteiger partial charge in [-0.15, -0.1) is 0 Å². The Labute approximate surface area is 112 Å². The molecule has 0 bridgehead atoms. The standard InChI is InChI=1S/C15H8O5/c16-10-3-6-12-14(7-10)19-8-13(15(12)17)9-1-4-11(20-18)5-2-9/h1-8H/p+1. The number of rotatable bonds is 2. The van der Waals surface area contributed by atoms with Crippen molar-refractivity contribution in [2.24, 2.45) is 0 Å². The summed E-state index contributed by atoms with van der Waals surface area (Å²) in [4.78, 5) is 22.6. The summed E-state index contributed by atoms with van der Waals surface area (Å²) in [7, 11) is 0. The molecule has 2 aromatic carbocycles. The average Bonchev–Trinajstić information content (AvgIpc) is 2.48. The first-order chi connectivity index (χ1) is 9.69. The third-order valence-corrected chi connectivity index (χ3v) is 3.02. The van der Waals surface area contributed by atoms with Crippen molar-refractivity contribution >= 4 is 11.0 Å². The van der Waals surface area contributed by atoms with Crippen LogP contribution in [0.5, 0.6) is 11.5 Å². The monoisotopic (exact) mass is 269 g/mol. The largest absolute Gasteiger partial charge is 0.508 e. The summed E-state index contributed by atoms with van der Waals surface area (Å²) in [5, 5.41) is 9.74. The quantitative estimate of drug-likeness (QED) is 0.722. The van der Waals surface area contributed by atoms with Gasteiger partial charge in [0.15, 0.2) is 5.43 Å². The zero-order chi connectivity index (χ0) is 14.1. The second kappa shape index (κ2) is 4.62. The maximum Gasteiger partial charge on any atom is 0.438 e. The van der Waals surface area contributed by atoms with Crippen LogP contribution in [0.2, 0.25) is 0 Å². The Kier molecular flexibility index (Phi) is 2.80. The number of aromatic hydroxyl groups is 1. The first-order valence-corrected chi connectivity index (χ1v) is 5.84. The maximum atomic E-state index is 12.4. The van der Waals surface area contributed by atoms with Crippen molar-refractivity contribution in [2.75, 3.05) is 0 Å². The first kappa shape index (κ1) is 12.1. The van der Waals surface area contributed by atoms with Gasteiger partial charge in [-0.3, -0.25) is 4.79 Å². The molecule has 98 valence electrons. The van der Waals surface area contributed by atoms with Gasteiger partial charge in [-0.2, -0.15) is 0 Å². The molecule has 0 unspecified atom stereocenters. The molecule has 0 aliphatic carbocycles. The molecule has 0 saturated heterocycles. The molecule has 3 aromatic rings. The second-order valence-electron chi connectivity index (χ2n) is 4.27. The van der Waals surface area contributed by atoms with Crippen LogP contribution in [0.25, 0.3) is 22.1 Å². The van der Waals surface area contributed by atoms with Crippen LogP contribution < -0.4 is 5.43 Å². The van der Waals surface area contributed by atoms with E-state index in [1.807, 2.05) is 0 Å². The molecule has 0 amide bonds. The predicted octanol–water partition coefficient (Wildman–Crippen LogP) is 3.50. The molecule has 0 aliphatic rings. The normalized spacial score (nSPS) is 10.6. The summed E-state index contributed by atoms with van der Waals surface area (Å²) >= 11 is 0. The molecule has 20 heavy (non-hydrogen) atoms. The van der Waals surface area contributed by atoms with Crippen molar-refractivity contribution in [3.8, 4) is 22.6 Å². The average molecular weight is 269 g/mol. The highest BCUT2D eigenvalue weighted by molar-refractivity contribution is 5.82. The van der Waals surface area contributed by atoms with Gasteiger partial charge in [0.05, 0.1) is 27.7 Å². The third-order valence-electron chi connectivity index (χ3n) is 3.02. The lowest BCUT2D eigenvalue weighted by molar-refractivity contribution is 0.474. The number of hydrogen-bond donors (Lipinski definition) is 1. The summed E-state index contributed by atoms with van der Waals surface area (Å²) < 4.78 is 9.20. The Balaban J connectivity index is 2.21. The van der Waals surface area contributed by atoms with Gasteiger partial charge in [0, 0.05) is 6.07 Å². The van der Waals surface area contributed by atoms with Gasteiger partial charge in [-0.1, -0.05) is 0 Å². The number of fused-ring (bicyclic) bond motifs is 1. The maximum absolute atomic E-state index is 12.4. The van der Waals surface area contributed by atoms with Crippen LogP contribution in [-0.2, 0) is 0 Å².